The molecule has 0 aliphatic carbocycles. The number of hydrogen-bond acceptors (Lipinski definition) is 3. The minimum Gasteiger partial charge on any atom is -0.484 e. The summed E-state index contributed by atoms with van der Waals surface area (Å²) >= 11 is 7.32. The molecule has 0 atom stereocenters. The maximum absolute atomic E-state index is 11.7. The summed E-state index contributed by atoms with van der Waals surface area (Å²) < 4.78 is 7.17. The summed E-state index contributed by atoms with van der Waals surface area (Å²) in [6, 6.07) is 5.27. The first-order valence-corrected chi connectivity index (χ1v) is 6.88. The molecule has 0 saturated heterocycles. The van der Waals surface area contributed by atoms with Crippen LogP contribution in [0.25, 0.3) is 0 Å². The van der Waals surface area contributed by atoms with Crippen LogP contribution in [0.5, 0.6) is 5.75 Å². The van der Waals surface area contributed by atoms with Crippen LogP contribution in [0.1, 0.15) is 5.56 Å². The van der Waals surface area contributed by atoms with E-state index in [2.05, 4.69) is 4.99 Å². The van der Waals surface area contributed by atoms with Crippen LogP contribution in [-0.4, -0.2) is 17.1 Å². The summed E-state index contributed by atoms with van der Waals surface area (Å²) in [5.74, 6) is 0.298. The number of hydrogen-bond donors (Lipinski definition) is 0. The first kappa shape index (κ1) is 13.8. The standard InChI is InChI=1S/C13H13ClN2O2S/c1-9-7-10(3-4-11(9)14)18-8-12(17)15-13-16(2)5-6-19-13/h3-7H,8H2,1-2H3. The van der Waals surface area contributed by atoms with Gasteiger partial charge in [-0.3, -0.25) is 4.79 Å². The van der Waals surface area contributed by atoms with Gasteiger partial charge in [0.25, 0.3) is 5.91 Å². The highest BCUT2D eigenvalue weighted by Crippen LogP contribution is 2.20. The number of carbonyl (C=O) groups excluding carboxylic acids is 1. The first-order valence-electron chi connectivity index (χ1n) is 5.63. The first-order chi connectivity index (χ1) is 9.06. The van der Waals surface area contributed by atoms with E-state index in [0.29, 0.717) is 15.6 Å². The Balaban J connectivity index is 2.01. The fraction of sp³-hybridized carbons (Fsp3) is 0.231. The Morgan fingerprint density at radius 1 is 1.53 bits per heavy atom. The molecule has 4 nitrogen and oxygen atoms in total. The van der Waals surface area contributed by atoms with Gasteiger partial charge in [-0.1, -0.05) is 11.6 Å². The molecule has 1 aromatic heterocycles. The van der Waals surface area contributed by atoms with Crippen molar-refractivity contribution in [2.75, 3.05) is 6.61 Å². The van der Waals surface area contributed by atoms with Crippen LogP contribution in [-0.2, 0) is 11.8 Å². The van der Waals surface area contributed by atoms with Crippen molar-refractivity contribution in [3.05, 3.63) is 45.2 Å². The molecule has 0 spiro atoms. The van der Waals surface area contributed by atoms with Gasteiger partial charge >= 0.3 is 0 Å². The van der Waals surface area contributed by atoms with Crippen molar-refractivity contribution < 1.29 is 9.53 Å². The number of halogens is 1. The van der Waals surface area contributed by atoms with E-state index in [4.69, 9.17) is 16.3 Å². The topological polar surface area (TPSA) is 43.6 Å². The lowest BCUT2D eigenvalue weighted by molar-refractivity contribution is -0.120. The fourth-order valence-electron chi connectivity index (χ4n) is 1.43. The van der Waals surface area contributed by atoms with Crippen molar-refractivity contribution in [2.24, 2.45) is 12.0 Å². The van der Waals surface area contributed by atoms with E-state index < -0.39 is 0 Å². The molecule has 0 saturated carbocycles. The van der Waals surface area contributed by atoms with Crippen LogP contribution in [0, 0.1) is 6.92 Å². The van der Waals surface area contributed by atoms with Crippen LogP contribution in [0.3, 0.4) is 0 Å². The van der Waals surface area contributed by atoms with E-state index in [-0.39, 0.29) is 12.5 Å². The summed E-state index contributed by atoms with van der Waals surface area (Å²) in [7, 11) is 1.84. The zero-order valence-electron chi connectivity index (χ0n) is 10.6. The fourth-order valence-corrected chi connectivity index (χ4v) is 2.29. The highest BCUT2D eigenvalue weighted by molar-refractivity contribution is 7.07. The van der Waals surface area contributed by atoms with E-state index in [1.165, 1.54) is 11.3 Å². The largest absolute Gasteiger partial charge is 0.484 e. The third-order valence-electron chi connectivity index (χ3n) is 2.47. The molecule has 1 aromatic carbocycles. The Morgan fingerprint density at radius 2 is 2.32 bits per heavy atom. The number of rotatable bonds is 3. The Bertz CT molecular complexity index is 661. The van der Waals surface area contributed by atoms with Crippen molar-refractivity contribution in [1.82, 2.24) is 4.57 Å². The average Bonchev–Trinajstić information content (AvgIpc) is 2.77. The molecule has 1 amide bonds. The molecular weight excluding hydrogens is 284 g/mol. The summed E-state index contributed by atoms with van der Waals surface area (Å²) in [4.78, 5) is 16.3. The smallest absolute Gasteiger partial charge is 0.286 e. The molecule has 6 heteroatoms. The van der Waals surface area contributed by atoms with Crippen LogP contribution in [0.2, 0.25) is 5.02 Å². The van der Waals surface area contributed by atoms with E-state index in [1.54, 1.807) is 22.8 Å². The van der Waals surface area contributed by atoms with Gasteiger partial charge in [0.2, 0.25) is 0 Å². The van der Waals surface area contributed by atoms with E-state index in [1.807, 2.05) is 25.5 Å². The number of amides is 1. The Kier molecular flexibility index (Phi) is 4.39. The number of thiazole rings is 1. The van der Waals surface area contributed by atoms with Gasteiger partial charge in [-0.05, 0) is 30.7 Å². The number of aromatic nitrogens is 1. The molecule has 2 aromatic rings. The van der Waals surface area contributed by atoms with Gasteiger partial charge in [0.15, 0.2) is 11.4 Å². The Morgan fingerprint density at radius 3 is 2.95 bits per heavy atom. The molecule has 0 bridgehead atoms. The average molecular weight is 297 g/mol. The third-order valence-corrected chi connectivity index (χ3v) is 3.74. The molecule has 0 N–H and O–H groups in total. The van der Waals surface area contributed by atoms with Crippen molar-refractivity contribution in [3.8, 4) is 5.75 Å². The minimum atomic E-state index is -0.314. The van der Waals surface area contributed by atoms with Gasteiger partial charge in [0.1, 0.15) is 5.75 Å². The molecule has 0 aliphatic rings. The summed E-state index contributed by atoms with van der Waals surface area (Å²) in [5, 5.41) is 2.55. The van der Waals surface area contributed by atoms with Gasteiger partial charge in [-0.25, -0.2) is 0 Å². The van der Waals surface area contributed by atoms with Gasteiger partial charge in [-0.15, -0.1) is 11.3 Å². The van der Waals surface area contributed by atoms with Crippen molar-refractivity contribution in [3.63, 3.8) is 0 Å². The molecule has 0 unspecified atom stereocenters. The minimum absolute atomic E-state index is 0.0844. The summed E-state index contributed by atoms with van der Waals surface area (Å²) in [6.07, 6.45) is 1.85. The molecular formula is C13H13ClN2O2S. The maximum atomic E-state index is 11.7. The van der Waals surface area contributed by atoms with E-state index >= 15 is 0 Å². The van der Waals surface area contributed by atoms with Gasteiger partial charge < -0.3 is 9.30 Å². The van der Waals surface area contributed by atoms with E-state index in [0.717, 1.165) is 5.56 Å². The van der Waals surface area contributed by atoms with Gasteiger partial charge in [0.05, 0.1) is 0 Å². The lowest BCUT2D eigenvalue weighted by Crippen LogP contribution is -2.16. The molecule has 0 radical (unpaired) electrons. The van der Waals surface area contributed by atoms with Crippen molar-refractivity contribution >= 4 is 28.8 Å². The Hall–Kier alpha value is -1.59. The number of nitrogens with zero attached hydrogens (tertiary/aromatic N) is 2. The van der Waals surface area contributed by atoms with Crippen LogP contribution >= 0.6 is 22.9 Å². The molecule has 2 rings (SSSR count). The molecule has 0 fully saturated rings. The second kappa shape index (κ2) is 6.04. The lowest BCUT2D eigenvalue weighted by Gasteiger charge is -2.05. The zero-order chi connectivity index (χ0) is 13.8. The molecule has 1 heterocycles. The highest BCUT2D eigenvalue weighted by Gasteiger charge is 2.03. The van der Waals surface area contributed by atoms with E-state index in [9.17, 15) is 4.79 Å². The molecule has 100 valence electrons. The maximum Gasteiger partial charge on any atom is 0.286 e. The van der Waals surface area contributed by atoms with Gasteiger partial charge in [-0.2, -0.15) is 4.99 Å². The lowest BCUT2D eigenvalue weighted by atomic mass is 10.2. The van der Waals surface area contributed by atoms with Crippen molar-refractivity contribution in [2.45, 2.75) is 6.92 Å². The van der Waals surface area contributed by atoms with Crippen LogP contribution in [0.4, 0.5) is 0 Å². The second-order valence-electron chi connectivity index (χ2n) is 4.00. The number of benzene rings is 1. The second-order valence-corrected chi connectivity index (χ2v) is 5.28. The van der Waals surface area contributed by atoms with Gasteiger partial charge in [0, 0.05) is 23.6 Å². The molecule has 0 aliphatic heterocycles. The monoisotopic (exact) mass is 296 g/mol. The predicted molar refractivity (Wildman–Crippen MR) is 75.5 cm³/mol. The van der Waals surface area contributed by atoms with Crippen LogP contribution < -0.4 is 9.54 Å². The summed E-state index contributed by atoms with van der Waals surface area (Å²) in [6.45, 7) is 1.80. The molecule has 19 heavy (non-hydrogen) atoms. The third kappa shape index (κ3) is 3.68. The predicted octanol–water partition coefficient (Wildman–Crippen LogP) is 2.55. The van der Waals surface area contributed by atoms with Crippen LogP contribution in [0.15, 0.2) is 34.8 Å². The number of ether oxygens (including phenoxy) is 1. The normalized spacial score (nSPS) is 11.6. The Labute approximate surface area is 119 Å². The summed E-state index contributed by atoms with van der Waals surface area (Å²) in [5.41, 5.74) is 0.910. The zero-order valence-corrected chi connectivity index (χ0v) is 12.2. The highest BCUT2D eigenvalue weighted by atomic mass is 35.5. The van der Waals surface area contributed by atoms with Crippen molar-refractivity contribution in [1.29, 1.82) is 0 Å². The SMILES string of the molecule is Cc1cc(OCC(=O)N=c2sccn2C)ccc1Cl. The number of aryl methyl sites for hydroxylation is 2. The number of carbonyl (C=O) groups is 1. The quantitative estimate of drug-likeness (QED) is 0.874.